The van der Waals surface area contributed by atoms with Crippen LogP contribution in [-0.4, -0.2) is 17.7 Å². The van der Waals surface area contributed by atoms with Crippen molar-refractivity contribution in [2.75, 3.05) is 11.4 Å². The molecule has 0 aromatic heterocycles. The van der Waals surface area contributed by atoms with Gasteiger partial charge in [-0.1, -0.05) is 6.07 Å². The van der Waals surface area contributed by atoms with Gasteiger partial charge in [-0.15, -0.1) is 0 Å². The first kappa shape index (κ1) is 10.2. The number of rotatable bonds is 2. The Morgan fingerprint density at radius 2 is 2.20 bits per heavy atom. The van der Waals surface area contributed by atoms with Gasteiger partial charge in [0.05, 0.1) is 0 Å². The van der Waals surface area contributed by atoms with Gasteiger partial charge in [-0.2, -0.15) is 0 Å². The van der Waals surface area contributed by atoms with E-state index in [0.717, 1.165) is 18.7 Å². The first-order chi connectivity index (χ1) is 7.18. The van der Waals surface area contributed by atoms with Crippen LogP contribution >= 0.6 is 11.6 Å². The zero-order chi connectivity index (χ0) is 10.8. The van der Waals surface area contributed by atoms with Crippen molar-refractivity contribution in [3.05, 3.63) is 29.8 Å². The molecule has 1 amide bonds. The summed E-state index contributed by atoms with van der Waals surface area (Å²) in [6, 6.07) is 6.83. The van der Waals surface area contributed by atoms with Gasteiger partial charge in [-0.3, -0.25) is 9.59 Å². The van der Waals surface area contributed by atoms with Crippen LogP contribution in [0.1, 0.15) is 23.2 Å². The van der Waals surface area contributed by atoms with E-state index < -0.39 is 5.24 Å². The number of carbonyl (C=O) groups excluding carboxylic acids is 2. The van der Waals surface area contributed by atoms with E-state index in [1.807, 2.05) is 6.07 Å². The van der Waals surface area contributed by atoms with Crippen molar-refractivity contribution in [2.45, 2.75) is 12.8 Å². The Balaban J connectivity index is 2.32. The molecule has 1 aromatic carbocycles. The van der Waals surface area contributed by atoms with Crippen LogP contribution in [0.25, 0.3) is 0 Å². The number of hydrogen-bond donors (Lipinski definition) is 0. The summed E-state index contributed by atoms with van der Waals surface area (Å²) in [5, 5.41) is -0.497. The smallest absolute Gasteiger partial charge is 0.252 e. The molecular weight excluding hydrogens is 214 g/mol. The Bertz CT molecular complexity index is 417. The van der Waals surface area contributed by atoms with Gasteiger partial charge in [0.2, 0.25) is 5.91 Å². The molecule has 78 valence electrons. The minimum Gasteiger partial charge on any atom is -0.312 e. The summed E-state index contributed by atoms with van der Waals surface area (Å²) >= 11 is 5.38. The van der Waals surface area contributed by atoms with Gasteiger partial charge in [0.1, 0.15) is 0 Å². The van der Waals surface area contributed by atoms with Crippen molar-refractivity contribution in [3.8, 4) is 0 Å². The van der Waals surface area contributed by atoms with E-state index in [4.69, 9.17) is 11.6 Å². The Morgan fingerprint density at radius 1 is 1.40 bits per heavy atom. The Labute approximate surface area is 92.6 Å². The third-order valence-corrected chi connectivity index (χ3v) is 2.68. The number of benzene rings is 1. The van der Waals surface area contributed by atoms with Crippen molar-refractivity contribution in [1.29, 1.82) is 0 Å². The molecule has 1 aliphatic heterocycles. The fourth-order valence-corrected chi connectivity index (χ4v) is 1.83. The molecule has 0 spiro atoms. The lowest BCUT2D eigenvalue weighted by atomic mass is 10.2. The summed E-state index contributed by atoms with van der Waals surface area (Å²) in [6.07, 6.45) is 1.46. The standard InChI is InChI=1S/C11H10ClNO2/c12-11(15)8-3-1-4-9(7-8)13-6-2-5-10(13)14/h1,3-4,7H,2,5-6H2. The number of anilines is 1. The second kappa shape index (κ2) is 4.03. The highest BCUT2D eigenvalue weighted by Crippen LogP contribution is 2.22. The normalized spacial score (nSPS) is 15.8. The summed E-state index contributed by atoms with van der Waals surface area (Å²) < 4.78 is 0. The molecule has 0 N–H and O–H groups in total. The molecule has 1 fully saturated rings. The van der Waals surface area contributed by atoms with Crippen LogP contribution in [-0.2, 0) is 4.79 Å². The molecule has 0 saturated carbocycles. The van der Waals surface area contributed by atoms with Gasteiger partial charge >= 0.3 is 0 Å². The van der Waals surface area contributed by atoms with E-state index in [9.17, 15) is 9.59 Å². The fraction of sp³-hybridized carbons (Fsp3) is 0.273. The molecule has 4 heteroatoms. The average molecular weight is 224 g/mol. The first-order valence-corrected chi connectivity index (χ1v) is 5.16. The van der Waals surface area contributed by atoms with E-state index >= 15 is 0 Å². The Morgan fingerprint density at radius 3 is 2.80 bits per heavy atom. The number of carbonyl (C=O) groups is 2. The van der Waals surface area contributed by atoms with Crippen molar-refractivity contribution in [1.82, 2.24) is 0 Å². The van der Waals surface area contributed by atoms with Crippen LogP contribution in [0.2, 0.25) is 0 Å². The maximum absolute atomic E-state index is 11.5. The minimum atomic E-state index is -0.497. The molecule has 0 unspecified atom stereocenters. The lowest BCUT2D eigenvalue weighted by Gasteiger charge is -2.15. The van der Waals surface area contributed by atoms with Gasteiger partial charge in [0.25, 0.3) is 5.24 Å². The van der Waals surface area contributed by atoms with E-state index in [1.54, 1.807) is 23.1 Å². The Hall–Kier alpha value is -1.35. The van der Waals surface area contributed by atoms with Crippen LogP contribution < -0.4 is 4.90 Å². The third kappa shape index (κ3) is 2.02. The summed E-state index contributed by atoms with van der Waals surface area (Å²) in [5.41, 5.74) is 1.18. The molecule has 1 heterocycles. The monoisotopic (exact) mass is 223 g/mol. The highest BCUT2D eigenvalue weighted by Gasteiger charge is 2.21. The van der Waals surface area contributed by atoms with Gasteiger partial charge in [-0.05, 0) is 36.2 Å². The molecule has 1 saturated heterocycles. The van der Waals surface area contributed by atoms with Crippen LogP contribution in [0.5, 0.6) is 0 Å². The Kier molecular flexibility index (Phi) is 2.73. The number of amides is 1. The van der Waals surface area contributed by atoms with Gasteiger partial charge < -0.3 is 4.90 Å². The van der Waals surface area contributed by atoms with E-state index in [0.29, 0.717) is 12.0 Å². The lowest BCUT2D eigenvalue weighted by Crippen LogP contribution is -2.23. The van der Waals surface area contributed by atoms with Gasteiger partial charge in [0.15, 0.2) is 0 Å². The molecule has 0 atom stereocenters. The topological polar surface area (TPSA) is 37.4 Å². The maximum Gasteiger partial charge on any atom is 0.252 e. The van der Waals surface area contributed by atoms with Crippen molar-refractivity contribution in [2.24, 2.45) is 0 Å². The predicted octanol–water partition coefficient (Wildman–Crippen LogP) is 2.19. The van der Waals surface area contributed by atoms with E-state index in [2.05, 4.69) is 0 Å². The molecule has 2 rings (SSSR count). The third-order valence-electron chi connectivity index (χ3n) is 2.46. The quantitative estimate of drug-likeness (QED) is 0.721. The van der Waals surface area contributed by atoms with E-state index in [-0.39, 0.29) is 5.91 Å². The van der Waals surface area contributed by atoms with E-state index in [1.165, 1.54) is 0 Å². The number of hydrogen-bond acceptors (Lipinski definition) is 2. The molecule has 1 aromatic rings. The zero-order valence-corrected chi connectivity index (χ0v) is 8.83. The zero-order valence-electron chi connectivity index (χ0n) is 8.07. The second-order valence-electron chi connectivity index (χ2n) is 3.47. The van der Waals surface area contributed by atoms with Crippen LogP contribution in [0.3, 0.4) is 0 Å². The SMILES string of the molecule is O=C(Cl)c1cccc(N2CCCC2=O)c1. The molecule has 0 radical (unpaired) electrons. The van der Waals surface area contributed by atoms with Crippen LogP contribution in [0.15, 0.2) is 24.3 Å². The first-order valence-electron chi connectivity index (χ1n) is 4.79. The van der Waals surface area contributed by atoms with Crippen molar-refractivity contribution < 1.29 is 9.59 Å². The highest BCUT2D eigenvalue weighted by atomic mass is 35.5. The molecule has 1 aliphatic rings. The summed E-state index contributed by atoms with van der Waals surface area (Å²) in [7, 11) is 0. The minimum absolute atomic E-state index is 0.106. The largest absolute Gasteiger partial charge is 0.312 e. The summed E-state index contributed by atoms with van der Waals surface area (Å²) in [4.78, 5) is 24.1. The summed E-state index contributed by atoms with van der Waals surface area (Å²) in [5.74, 6) is 0.106. The van der Waals surface area contributed by atoms with Crippen LogP contribution in [0.4, 0.5) is 5.69 Å². The fourth-order valence-electron chi connectivity index (χ4n) is 1.72. The maximum atomic E-state index is 11.5. The number of nitrogens with zero attached hydrogens (tertiary/aromatic N) is 1. The van der Waals surface area contributed by atoms with Crippen molar-refractivity contribution >= 4 is 28.4 Å². The van der Waals surface area contributed by atoms with Crippen LogP contribution in [0, 0.1) is 0 Å². The molecule has 0 bridgehead atoms. The number of halogens is 1. The molecule has 3 nitrogen and oxygen atoms in total. The lowest BCUT2D eigenvalue weighted by molar-refractivity contribution is -0.117. The highest BCUT2D eigenvalue weighted by molar-refractivity contribution is 6.67. The average Bonchev–Trinajstić information content (AvgIpc) is 2.64. The van der Waals surface area contributed by atoms with Crippen molar-refractivity contribution in [3.63, 3.8) is 0 Å². The van der Waals surface area contributed by atoms with Gasteiger partial charge in [-0.25, -0.2) is 0 Å². The molecule has 15 heavy (non-hydrogen) atoms. The predicted molar refractivity (Wildman–Crippen MR) is 58.2 cm³/mol. The van der Waals surface area contributed by atoms with Gasteiger partial charge in [0, 0.05) is 24.2 Å². The molecular formula is C11H10ClNO2. The molecule has 0 aliphatic carbocycles. The summed E-state index contributed by atoms with van der Waals surface area (Å²) in [6.45, 7) is 0.721. The second-order valence-corrected chi connectivity index (χ2v) is 3.82.